The molecule has 4 aromatic rings. The van der Waals surface area contributed by atoms with Gasteiger partial charge < -0.3 is 10.2 Å². The minimum absolute atomic E-state index is 0.665. The van der Waals surface area contributed by atoms with E-state index in [1.165, 1.54) is 49.9 Å². The van der Waals surface area contributed by atoms with Crippen molar-refractivity contribution in [1.82, 2.24) is 25.1 Å². The topological polar surface area (TPSA) is 73.0 Å². The van der Waals surface area contributed by atoms with Crippen molar-refractivity contribution in [3.63, 3.8) is 0 Å². The number of aromatic amines is 1. The maximum absolute atomic E-state index is 4.68. The molecule has 0 saturated carbocycles. The Bertz CT molecular complexity index is 1250. The van der Waals surface area contributed by atoms with Crippen molar-refractivity contribution in [3.8, 4) is 11.1 Å². The van der Waals surface area contributed by atoms with Gasteiger partial charge in [-0.25, -0.2) is 4.98 Å². The van der Waals surface area contributed by atoms with Gasteiger partial charge in [-0.3, -0.25) is 15.0 Å². The summed E-state index contributed by atoms with van der Waals surface area (Å²) in [6, 6.07) is 12.9. The molecule has 0 spiro atoms. The average molecular weight is 454 g/mol. The van der Waals surface area contributed by atoms with Gasteiger partial charge in [-0.2, -0.15) is 5.10 Å². The lowest BCUT2D eigenvalue weighted by molar-refractivity contribution is 0.172. The van der Waals surface area contributed by atoms with Crippen molar-refractivity contribution >= 4 is 22.4 Å². The molecule has 3 aromatic heterocycles. The fraction of sp³-hybridized carbons (Fsp3) is 0.370. The van der Waals surface area contributed by atoms with E-state index in [0.29, 0.717) is 6.54 Å². The minimum Gasteiger partial charge on any atom is -0.378 e. The van der Waals surface area contributed by atoms with E-state index in [4.69, 9.17) is 0 Å². The zero-order valence-corrected chi connectivity index (χ0v) is 19.5. The Morgan fingerprint density at radius 3 is 2.56 bits per heavy atom. The van der Waals surface area contributed by atoms with Crippen molar-refractivity contribution in [2.45, 2.75) is 38.8 Å². The number of hydrogen-bond acceptors (Lipinski definition) is 6. The Kier molecular flexibility index (Phi) is 5.85. The molecule has 2 aliphatic rings. The van der Waals surface area contributed by atoms with Gasteiger partial charge in [-0.05, 0) is 80.2 Å². The third-order valence-electron chi connectivity index (χ3n) is 7.01. The molecule has 0 amide bonds. The third-order valence-corrected chi connectivity index (χ3v) is 7.01. The van der Waals surface area contributed by atoms with Crippen molar-refractivity contribution in [2.75, 3.05) is 36.4 Å². The first-order chi connectivity index (χ1) is 16.8. The minimum atomic E-state index is 0.665. The number of nitrogens with one attached hydrogen (secondary N) is 2. The number of H-pyrrole nitrogens is 1. The summed E-state index contributed by atoms with van der Waals surface area (Å²) < 4.78 is 0. The van der Waals surface area contributed by atoms with Crippen LogP contribution in [0.15, 0.2) is 55.0 Å². The molecule has 0 radical (unpaired) electrons. The van der Waals surface area contributed by atoms with E-state index in [0.717, 1.165) is 53.3 Å². The molecule has 2 N–H and O–H groups in total. The number of anilines is 2. The van der Waals surface area contributed by atoms with E-state index in [1.807, 2.05) is 18.6 Å². The Morgan fingerprint density at radius 1 is 0.853 bits per heavy atom. The SMILES string of the molecule is c1ncc(-c2ccc3n[nH]c(CNc4ccc(N5CCCCC5)nc4)c3c2)cc1CN1CCC1. The van der Waals surface area contributed by atoms with E-state index < -0.39 is 0 Å². The van der Waals surface area contributed by atoms with Crippen LogP contribution in [0.1, 0.15) is 36.9 Å². The molecule has 7 nitrogen and oxygen atoms in total. The lowest BCUT2D eigenvalue weighted by atomic mass is 10.0. The lowest BCUT2D eigenvalue weighted by Gasteiger charge is -2.30. The molecule has 2 aliphatic heterocycles. The zero-order valence-electron chi connectivity index (χ0n) is 19.5. The quantitative estimate of drug-likeness (QED) is 0.418. The van der Waals surface area contributed by atoms with Crippen LogP contribution in [0, 0.1) is 0 Å². The summed E-state index contributed by atoms with van der Waals surface area (Å²) in [5.41, 5.74) is 6.65. The highest BCUT2D eigenvalue weighted by Gasteiger charge is 2.15. The molecular formula is C27H31N7. The van der Waals surface area contributed by atoms with Gasteiger partial charge in [0.2, 0.25) is 0 Å². The first-order valence-corrected chi connectivity index (χ1v) is 12.4. The molecule has 2 saturated heterocycles. The number of aromatic nitrogens is 4. The van der Waals surface area contributed by atoms with Gasteiger partial charge in [0.05, 0.1) is 29.6 Å². The molecule has 5 heterocycles. The van der Waals surface area contributed by atoms with Crippen LogP contribution in [0.25, 0.3) is 22.0 Å². The van der Waals surface area contributed by atoms with Gasteiger partial charge in [0.25, 0.3) is 0 Å². The van der Waals surface area contributed by atoms with E-state index in [2.05, 4.69) is 71.7 Å². The number of nitrogens with zero attached hydrogens (tertiary/aromatic N) is 5. The Balaban J connectivity index is 1.17. The highest BCUT2D eigenvalue weighted by Crippen LogP contribution is 2.27. The van der Waals surface area contributed by atoms with Crippen molar-refractivity contribution in [1.29, 1.82) is 0 Å². The normalized spacial score (nSPS) is 16.5. The highest BCUT2D eigenvalue weighted by molar-refractivity contribution is 5.86. The molecule has 2 fully saturated rings. The fourth-order valence-corrected chi connectivity index (χ4v) is 4.90. The van der Waals surface area contributed by atoms with Crippen LogP contribution in [-0.4, -0.2) is 51.2 Å². The van der Waals surface area contributed by atoms with Gasteiger partial charge in [0.15, 0.2) is 0 Å². The van der Waals surface area contributed by atoms with Crippen LogP contribution in [0.4, 0.5) is 11.5 Å². The van der Waals surface area contributed by atoms with Gasteiger partial charge in [0.1, 0.15) is 5.82 Å². The molecular weight excluding hydrogens is 422 g/mol. The number of hydrogen-bond donors (Lipinski definition) is 2. The molecule has 6 rings (SSSR count). The Labute approximate surface area is 200 Å². The predicted octanol–water partition coefficient (Wildman–Crippen LogP) is 4.83. The third kappa shape index (κ3) is 4.48. The van der Waals surface area contributed by atoms with Gasteiger partial charge >= 0.3 is 0 Å². The Morgan fingerprint density at radius 2 is 1.76 bits per heavy atom. The summed E-state index contributed by atoms with van der Waals surface area (Å²) in [6.07, 6.45) is 11.0. The van der Waals surface area contributed by atoms with Crippen molar-refractivity contribution in [2.24, 2.45) is 0 Å². The summed E-state index contributed by atoms with van der Waals surface area (Å²) in [4.78, 5) is 14.0. The highest BCUT2D eigenvalue weighted by atomic mass is 15.2. The van der Waals surface area contributed by atoms with Crippen LogP contribution < -0.4 is 10.2 Å². The van der Waals surface area contributed by atoms with E-state index in [9.17, 15) is 0 Å². The van der Waals surface area contributed by atoms with Crippen molar-refractivity contribution in [3.05, 3.63) is 66.2 Å². The first-order valence-electron chi connectivity index (χ1n) is 12.4. The molecule has 1 aromatic carbocycles. The zero-order chi connectivity index (χ0) is 22.7. The van der Waals surface area contributed by atoms with E-state index >= 15 is 0 Å². The number of fused-ring (bicyclic) bond motifs is 1. The molecule has 0 bridgehead atoms. The molecule has 0 atom stereocenters. The Hall–Kier alpha value is -3.45. The summed E-state index contributed by atoms with van der Waals surface area (Å²) in [5, 5.41) is 12.4. The number of pyridine rings is 2. The van der Waals surface area contributed by atoms with Crippen LogP contribution in [0.2, 0.25) is 0 Å². The second kappa shape index (κ2) is 9.43. The van der Waals surface area contributed by atoms with E-state index in [-0.39, 0.29) is 0 Å². The number of rotatable bonds is 7. The second-order valence-corrected chi connectivity index (χ2v) is 9.45. The van der Waals surface area contributed by atoms with Crippen molar-refractivity contribution < 1.29 is 0 Å². The lowest BCUT2D eigenvalue weighted by Crippen LogP contribution is -2.36. The number of piperidine rings is 1. The van der Waals surface area contributed by atoms with Gasteiger partial charge in [-0.1, -0.05) is 6.07 Å². The summed E-state index contributed by atoms with van der Waals surface area (Å²) in [6.45, 7) is 6.25. The van der Waals surface area contributed by atoms with Gasteiger partial charge in [0, 0.05) is 43.0 Å². The summed E-state index contributed by atoms with van der Waals surface area (Å²) in [7, 11) is 0. The molecule has 0 unspecified atom stereocenters. The van der Waals surface area contributed by atoms with Crippen LogP contribution in [0.3, 0.4) is 0 Å². The summed E-state index contributed by atoms with van der Waals surface area (Å²) in [5.74, 6) is 1.08. The van der Waals surface area contributed by atoms with Crippen LogP contribution in [-0.2, 0) is 13.1 Å². The fourth-order valence-electron chi connectivity index (χ4n) is 4.90. The average Bonchev–Trinajstić information content (AvgIpc) is 3.28. The molecule has 0 aliphatic carbocycles. The van der Waals surface area contributed by atoms with Crippen LogP contribution in [0.5, 0.6) is 0 Å². The van der Waals surface area contributed by atoms with E-state index in [1.54, 1.807) is 0 Å². The maximum Gasteiger partial charge on any atom is 0.128 e. The second-order valence-electron chi connectivity index (χ2n) is 9.45. The number of benzene rings is 1. The number of likely N-dealkylation sites (tertiary alicyclic amines) is 1. The predicted molar refractivity (Wildman–Crippen MR) is 137 cm³/mol. The molecule has 34 heavy (non-hydrogen) atoms. The smallest absolute Gasteiger partial charge is 0.128 e. The summed E-state index contributed by atoms with van der Waals surface area (Å²) >= 11 is 0. The molecule has 7 heteroatoms. The monoisotopic (exact) mass is 453 g/mol. The maximum atomic E-state index is 4.68. The molecule has 174 valence electrons. The largest absolute Gasteiger partial charge is 0.378 e. The van der Waals surface area contributed by atoms with Gasteiger partial charge in [-0.15, -0.1) is 0 Å². The first kappa shape index (κ1) is 21.1. The van der Waals surface area contributed by atoms with Crippen LogP contribution >= 0.6 is 0 Å². The standard InChI is InChI=1S/C27H31N7/c1-2-11-34(12-3-1)27-8-6-23(17-30-27)29-18-26-24-14-21(5-7-25(24)31-32-26)22-13-20(15-28-16-22)19-33-9-4-10-33/h5-8,13-17,29H,1-4,9-12,18-19H2,(H,31,32).